The zero-order valence-electron chi connectivity index (χ0n) is 4.07. The van der Waals surface area contributed by atoms with Gasteiger partial charge in [-0.2, -0.15) is 13.2 Å². The van der Waals surface area contributed by atoms with Gasteiger partial charge >= 0.3 is 6.18 Å². The van der Waals surface area contributed by atoms with E-state index < -0.39 is 12.3 Å². The van der Waals surface area contributed by atoms with Crippen molar-refractivity contribution < 1.29 is 17.4 Å². The van der Waals surface area contributed by atoms with E-state index in [-0.39, 0.29) is 0 Å². The molecule has 0 bridgehead atoms. The lowest BCUT2D eigenvalue weighted by Crippen LogP contribution is -2.25. The van der Waals surface area contributed by atoms with Crippen molar-refractivity contribution in [3.8, 4) is 0 Å². The van der Waals surface area contributed by atoms with Gasteiger partial charge in [0.05, 0.1) is 0 Å². The molecule has 50 valence electrons. The van der Waals surface area contributed by atoms with Crippen molar-refractivity contribution in [1.82, 2.24) is 0 Å². The summed E-state index contributed by atoms with van der Waals surface area (Å²) in [6.07, 6.45) is -6.08. The quantitative estimate of drug-likeness (QED) is 0.438. The lowest BCUT2D eigenvalue weighted by molar-refractivity contribution is -0.185. The van der Waals surface area contributed by atoms with E-state index in [2.05, 4.69) is 17.1 Å². The average Bonchev–Trinajstić information content (AvgIpc) is 1.62. The number of halogens is 3. The topological polar surface area (TPSA) is 9.23 Å². The van der Waals surface area contributed by atoms with Gasteiger partial charge in [-0.05, 0) is 19.8 Å². The first-order valence-electron chi connectivity index (χ1n) is 1.85. The predicted molar refractivity (Wildman–Crippen MR) is 25.6 cm³/mol. The summed E-state index contributed by atoms with van der Waals surface area (Å²) >= 11 is 2.99. The first-order chi connectivity index (χ1) is 3.48. The molecule has 0 radical (unpaired) electrons. The molecular weight excluding hydrogens is 141 g/mol. The molecule has 0 aliphatic carbocycles. The highest BCUT2D eigenvalue weighted by atomic mass is 32.1. The lowest BCUT2D eigenvalue weighted by atomic mass is 10.4. The zero-order chi connectivity index (χ0) is 6.78. The molecule has 1 unspecified atom stereocenters. The number of alkyl halides is 3. The van der Waals surface area contributed by atoms with Crippen LogP contribution in [0.3, 0.4) is 0 Å². The zero-order valence-corrected chi connectivity index (χ0v) is 4.96. The maximum atomic E-state index is 11.3. The minimum Gasteiger partial charge on any atom is -0.306 e. The van der Waals surface area contributed by atoms with Crippen LogP contribution in [0.1, 0.15) is 6.92 Å². The molecule has 0 aliphatic rings. The van der Waals surface area contributed by atoms with E-state index in [0.717, 1.165) is 6.92 Å². The highest BCUT2D eigenvalue weighted by Gasteiger charge is 2.36. The summed E-state index contributed by atoms with van der Waals surface area (Å²) in [5, 5.41) is 0. The van der Waals surface area contributed by atoms with Crippen LogP contribution in [0, 0.1) is 0 Å². The summed E-state index contributed by atoms with van der Waals surface area (Å²) in [4.78, 5) is 0. The first-order valence-corrected chi connectivity index (χ1v) is 2.22. The molecule has 0 aromatic carbocycles. The molecular formula is C3H5F3OS. The Kier molecular flexibility index (Phi) is 2.62. The van der Waals surface area contributed by atoms with Crippen LogP contribution in [0.15, 0.2) is 0 Å². The Bertz CT molecular complexity index is 71.4. The summed E-state index contributed by atoms with van der Waals surface area (Å²) in [6.45, 7) is 0.882. The van der Waals surface area contributed by atoms with Crippen molar-refractivity contribution in [3.05, 3.63) is 0 Å². The van der Waals surface area contributed by atoms with Crippen LogP contribution in [0.4, 0.5) is 13.2 Å². The number of hydrogen-bond acceptors (Lipinski definition) is 2. The molecule has 0 aromatic heterocycles. The summed E-state index contributed by atoms with van der Waals surface area (Å²) < 4.78 is 37.5. The largest absolute Gasteiger partial charge is 0.415 e. The summed E-state index contributed by atoms with van der Waals surface area (Å²) in [6, 6.07) is 0. The van der Waals surface area contributed by atoms with Gasteiger partial charge in [-0.3, -0.25) is 0 Å². The highest BCUT2D eigenvalue weighted by molar-refractivity contribution is 7.75. The molecule has 0 N–H and O–H groups in total. The van der Waals surface area contributed by atoms with E-state index in [1.807, 2.05) is 0 Å². The van der Waals surface area contributed by atoms with Crippen LogP contribution < -0.4 is 0 Å². The van der Waals surface area contributed by atoms with Gasteiger partial charge in [0.25, 0.3) is 0 Å². The second-order valence-corrected chi connectivity index (χ2v) is 1.50. The van der Waals surface area contributed by atoms with Crippen molar-refractivity contribution in [2.75, 3.05) is 0 Å². The van der Waals surface area contributed by atoms with E-state index in [0.29, 0.717) is 0 Å². The minimum atomic E-state index is -4.29. The number of rotatable bonds is 1. The van der Waals surface area contributed by atoms with Crippen LogP contribution in [0.25, 0.3) is 0 Å². The fourth-order valence-corrected chi connectivity index (χ4v) is 0.179. The summed E-state index contributed by atoms with van der Waals surface area (Å²) in [7, 11) is 0. The van der Waals surface area contributed by atoms with Crippen molar-refractivity contribution in [1.29, 1.82) is 0 Å². The van der Waals surface area contributed by atoms with Crippen molar-refractivity contribution in [2.24, 2.45) is 0 Å². The third-order valence-electron chi connectivity index (χ3n) is 0.619. The Hall–Kier alpha value is 0.100. The molecule has 0 saturated heterocycles. The third kappa shape index (κ3) is 2.42. The molecule has 1 atom stereocenters. The molecule has 5 heteroatoms. The standard InChI is InChI=1S/C3H5F3OS/c1-2(7-8)3(4,5)6/h2,8H,1H3. The van der Waals surface area contributed by atoms with Crippen molar-refractivity contribution >= 4 is 12.9 Å². The van der Waals surface area contributed by atoms with Crippen LogP contribution in [-0.4, -0.2) is 12.3 Å². The van der Waals surface area contributed by atoms with E-state index in [1.54, 1.807) is 0 Å². The van der Waals surface area contributed by atoms with Crippen LogP contribution >= 0.6 is 12.9 Å². The normalized spacial score (nSPS) is 16.1. The maximum Gasteiger partial charge on any atom is 0.415 e. The number of hydrogen-bond donors (Lipinski definition) is 1. The Morgan fingerprint density at radius 1 is 1.50 bits per heavy atom. The van der Waals surface area contributed by atoms with Gasteiger partial charge in [0, 0.05) is 0 Å². The predicted octanol–water partition coefficient (Wildman–Crippen LogP) is 1.80. The Morgan fingerprint density at radius 3 is 1.88 bits per heavy atom. The summed E-state index contributed by atoms with van der Waals surface area (Å²) in [5.74, 6) is 0. The smallest absolute Gasteiger partial charge is 0.306 e. The molecule has 0 aromatic rings. The van der Waals surface area contributed by atoms with Gasteiger partial charge in [0.15, 0.2) is 6.10 Å². The molecule has 0 fully saturated rings. The van der Waals surface area contributed by atoms with Gasteiger partial charge in [0.1, 0.15) is 0 Å². The van der Waals surface area contributed by atoms with E-state index in [9.17, 15) is 13.2 Å². The monoisotopic (exact) mass is 146 g/mol. The van der Waals surface area contributed by atoms with Crippen LogP contribution in [-0.2, 0) is 4.18 Å². The van der Waals surface area contributed by atoms with Gasteiger partial charge in [-0.25, -0.2) is 0 Å². The fourth-order valence-electron chi connectivity index (χ4n) is 0.0598. The second kappa shape index (κ2) is 2.59. The Balaban J connectivity index is 3.62. The number of thiol groups is 1. The molecule has 0 saturated carbocycles. The second-order valence-electron chi connectivity index (χ2n) is 1.29. The Morgan fingerprint density at radius 2 is 1.88 bits per heavy atom. The average molecular weight is 146 g/mol. The molecule has 0 rings (SSSR count). The van der Waals surface area contributed by atoms with Gasteiger partial charge < -0.3 is 4.18 Å². The highest BCUT2D eigenvalue weighted by Crippen LogP contribution is 2.22. The van der Waals surface area contributed by atoms with E-state index in [1.165, 1.54) is 0 Å². The molecule has 1 nitrogen and oxygen atoms in total. The van der Waals surface area contributed by atoms with Gasteiger partial charge in [0.2, 0.25) is 0 Å². The maximum absolute atomic E-state index is 11.3. The molecule has 0 aliphatic heterocycles. The molecule has 0 spiro atoms. The SMILES string of the molecule is CC(OS)C(F)(F)F. The molecule has 0 amide bonds. The molecule has 8 heavy (non-hydrogen) atoms. The van der Waals surface area contributed by atoms with Crippen molar-refractivity contribution in [3.63, 3.8) is 0 Å². The van der Waals surface area contributed by atoms with Crippen molar-refractivity contribution in [2.45, 2.75) is 19.2 Å². The fraction of sp³-hybridized carbons (Fsp3) is 1.00. The Labute approximate surface area is 50.4 Å². The van der Waals surface area contributed by atoms with Gasteiger partial charge in [-0.15, -0.1) is 0 Å². The third-order valence-corrected chi connectivity index (χ3v) is 0.935. The first kappa shape index (κ1) is 8.10. The van der Waals surface area contributed by atoms with E-state index in [4.69, 9.17) is 0 Å². The minimum absolute atomic E-state index is 0.882. The lowest BCUT2D eigenvalue weighted by Gasteiger charge is -2.10. The summed E-state index contributed by atoms with van der Waals surface area (Å²) in [5.41, 5.74) is 0. The molecule has 0 heterocycles. The van der Waals surface area contributed by atoms with Gasteiger partial charge in [-0.1, -0.05) is 0 Å². The van der Waals surface area contributed by atoms with E-state index >= 15 is 0 Å². The van der Waals surface area contributed by atoms with Crippen LogP contribution in [0.5, 0.6) is 0 Å². The van der Waals surface area contributed by atoms with Crippen LogP contribution in [0.2, 0.25) is 0 Å².